The number of amides is 2. The third-order valence-electron chi connectivity index (χ3n) is 5.64. The summed E-state index contributed by atoms with van der Waals surface area (Å²) in [6.07, 6.45) is 2.26. The lowest BCUT2D eigenvalue weighted by atomic mass is 9.91. The molecule has 2 aliphatic rings. The Morgan fingerprint density at radius 1 is 1.18 bits per heavy atom. The van der Waals surface area contributed by atoms with Crippen molar-refractivity contribution in [3.63, 3.8) is 0 Å². The maximum absolute atomic E-state index is 13.0. The molecule has 7 nitrogen and oxygen atoms in total. The van der Waals surface area contributed by atoms with Crippen molar-refractivity contribution in [3.05, 3.63) is 18.2 Å². The highest BCUT2D eigenvalue weighted by atomic mass is 35.5. The number of nitrogens with zero attached hydrogens (tertiary/aromatic N) is 2. The molecule has 1 aromatic carbocycles. The van der Waals surface area contributed by atoms with Crippen LogP contribution < -0.4 is 20.1 Å². The summed E-state index contributed by atoms with van der Waals surface area (Å²) < 4.78 is 10.6. The molecule has 8 heteroatoms. The van der Waals surface area contributed by atoms with Crippen molar-refractivity contribution in [2.45, 2.75) is 32.2 Å². The zero-order chi connectivity index (χ0) is 19.6. The van der Waals surface area contributed by atoms with Gasteiger partial charge >= 0.3 is 0 Å². The van der Waals surface area contributed by atoms with Gasteiger partial charge in [-0.05, 0) is 25.7 Å². The van der Waals surface area contributed by atoms with E-state index >= 15 is 0 Å². The third kappa shape index (κ3) is 4.70. The lowest BCUT2D eigenvalue weighted by molar-refractivity contribution is -0.137. The Labute approximate surface area is 172 Å². The number of halogens is 1. The minimum absolute atomic E-state index is 0. The van der Waals surface area contributed by atoms with Gasteiger partial charge in [0.15, 0.2) is 0 Å². The van der Waals surface area contributed by atoms with E-state index in [-0.39, 0.29) is 42.6 Å². The van der Waals surface area contributed by atoms with E-state index in [9.17, 15) is 9.59 Å². The highest BCUT2D eigenvalue weighted by Crippen LogP contribution is 2.33. The molecule has 0 bridgehead atoms. The lowest BCUT2D eigenvalue weighted by Crippen LogP contribution is -2.47. The summed E-state index contributed by atoms with van der Waals surface area (Å²) in [4.78, 5) is 29.1. The summed E-state index contributed by atoms with van der Waals surface area (Å²) in [6.45, 7) is 3.82. The summed E-state index contributed by atoms with van der Waals surface area (Å²) in [5.74, 6) is 1.25. The van der Waals surface area contributed by atoms with E-state index in [4.69, 9.17) is 15.2 Å². The molecule has 3 atom stereocenters. The van der Waals surface area contributed by atoms with Crippen molar-refractivity contribution in [3.8, 4) is 11.5 Å². The summed E-state index contributed by atoms with van der Waals surface area (Å²) in [7, 11) is 3.14. The van der Waals surface area contributed by atoms with Crippen LogP contribution in [-0.4, -0.2) is 56.6 Å². The number of rotatable bonds is 5. The summed E-state index contributed by atoms with van der Waals surface area (Å²) in [6, 6.07) is 5.42. The number of nitrogens with two attached hydrogens (primary N) is 1. The molecule has 2 heterocycles. The highest BCUT2D eigenvalue weighted by Gasteiger charge is 2.38. The number of hydrogen-bond donors (Lipinski definition) is 1. The van der Waals surface area contributed by atoms with Crippen LogP contribution in [0.4, 0.5) is 5.69 Å². The monoisotopic (exact) mass is 411 g/mol. The van der Waals surface area contributed by atoms with Crippen LogP contribution in [0.1, 0.15) is 26.2 Å². The molecule has 1 aromatic rings. The van der Waals surface area contributed by atoms with Crippen molar-refractivity contribution in [2.75, 3.05) is 38.8 Å². The molecule has 0 radical (unpaired) electrons. The van der Waals surface area contributed by atoms with Crippen LogP contribution in [-0.2, 0) is 9.59 Å². The van der Waals surface area contributed by atoms with Gasteiger partial charge in [0.05, 0.1) is 25.8 Å². The molecule has 2 amide bonds. The highest BCUT2D eigenvalue weighted by molar-refractivity contribution is 6.00. The van der Waals surface area contributed by atoms with Crippen molar-refractivity contribution >= 4 is 29.9 Å². The molecule has 2 aliphatic heterocycles. The Kier molecular flexibility index (Phi) is 7.55. The van der Waals surface area contributed by atoms with E-state index < -0.39 is 0 Å². The van der Waals surface area contributed by atoms with Crippen LogP contribution in [0.2, 0.25) is 0 Å². The van der Waals surface area contributed by atoms with Crippen LogP contribution in [0.25, 0.3) is 0 Å². The van der Waals surface area contributed by atoms with Gasteiger partial charge in [0.2, 0.25) is 11.8 Å². The molecular formula is C20H30ClN3O4. The van der Waals surface area contributed by atoms with Crippen LogP contribution >= 0.6 is 12.4 Å². The molecule has 0 saturated carbocycles. The molecule has 2 saturated heterocycles. The Bertz CT molecular complexity index is 690. The number of likely N-dealkylation sites (tertiary alicyclic amines) is 1. The summed E-state index contributed by atoms with van der Waals surface area (Å²) in [5.41, 5.74) is 6.73. The number of hydrogen-bond acceptors (Lipinski definition) is 5. The van der Waals surface area contributed by atoms with Crippen LogP contribution in [0.5, 0.6) is 11.5 Å². The first-order chi connectivity index (χ1) is 12.9. The standard InChI is InChI=1S/C20H29N3O4.ClH/c1-13(21)14-5-4-6-22(11-14)20(25)15-7-19(24)23(12-15)16-8-17(26-2)10-18(9-16)27-3;/h8-10,13-15H,4-7,11-12,21H2,1-3H3;1H. The first kappa shape index (κ1) is 22.3. The molecule has 0 aliphatic carbocycles. The number of ether oxygens (including phenoxy) is 2. The van der Waals surface area contributed by atoms with Crippen molar-refractivity contribution in [1.82, 2.24) is 4.90 Å². The van der Waals surface area contributed by atoms with Gasteiger partial charge in [-0.15, -0.1) is 12.4 Å². The molecule has 3 unspecified atom stereocenters. The second-order valence-corrected chi connectivity index (χ2v) is 7.52. The van der Waals surface area contributed by atoms with Crippen molar-refractivity contribution in [1.29, 1.82) is 0 Å². The zero-order valence-electron chi connectivity index (χ0n) is 16.7. The number of carbonyl (C=O) groups is 2. The minimum atomic E-state index is -0.318. The summed E-state index contributed by atoms with van der Waals surface area (Å²) in [5, 5.41) is 0. The SMILES string of the molecule is COc1cc(OC)cc(N2CC(C(=O)N3CCCC(C(C)N)C3)CC2=O)c1.Cl. The second kappa shape index (κ2) is 9.47. The normalized spacial score (nSPS) is 23.2. The predicted octanol–water partition coefficient (Wildman–Crippen LogP) is 2.06. The zero-order valence-corrected chi connectivity index (χ0v) is 17.5. The van der Waals surface area contributed by atoms with E-state index in [0.717, 1.165) is 19.4 Å². The van der Waals surface area contributed by atoms with Gasteiger partial charge in [-0.2, -0.15) is 0 Å². The molecule has 2 fully saturated rings. The number of methoxy groups -OCH3 is 2. The fraction of sp³-hybridized carbons (Fsp3) is 0.600. The second-order valence-electron chi connectivity index (χ2n) is 7.52. The van der Waals surface area contributed by atoms with Gasteiger partial charge in [-0.1, -0.05) is 0 Å². The van der Waals surface area contributed by atoms with Crippen LogP contribution in [0.3, 0.4) is 0 Å². The van der Waals surface area contributed by atoms with Gasteiger partial charge in [-0.3, -0.25) is 9.59 Å². The van der Waals surface area contributed by atoms with E-state index in [1.165, 1.54) is 0 Å². The molecule has 0 spiro atoms. The van der Waals surface area contributed by atoms with E-state index in [1.807, 2.05) is 11.8 Å². The van der Waals surface area contributed by atoms with Gasteiger partial charge in [0.1, 0.15) is 11.5 Å². The Morgan fingerprint density at radius 2 is 1.82 bits per heavy atom. The smallest absolute Gasteiger partial charge is 0.228 e. The third-order valence-corrected chi connectivity index (χ3v) is 5.64. The van der Waals surface area contributed by atoms with E-state index in [0.29, 0.717) is 36.2 Å². The quantitative estimate of drug-likeness (QED) is 0.801. The van der Waals surface area contributed by atoms with Gasteiger partial charge in [0.25, 0.3) is 0 Å². The number of carbonyl (C=O) groups excluding carboxylic acids is 2. The maximum Gasteiger partial charge on any atom is 0.228 e. The Balaban J connectivity index is 0.00000280. The van der Waals surface area contributed by atoms with Crippen molar-refractivity contribution < 1.29 is 19.1 Å². The van der Waals surface area contributed by atoms with Crippen LogP contribution in [0, 0.1) is 11.8 Å². The number of benzene rings is 1. The van der Waals surface area contributed by atoms with E-state index in [1.54, 1.807) is 37.3 Å². The first-order valence-electron chi connectivity index (χ1n) is 9.50. The predicted molar refractivity (Wildman–Crippen MR) is 110 cm³/mol. The topological polar surface area (TPSA) is 85.1 Å². The van der Waals surface area contributed by atoms with Gasteiger partial charge in [0, 0.05) is 50.3 Å². The van der Waals surface area contributed by atoms with Gasteiger partial charge in [-0.25, -0.2) is 0 Å². The summed E-state index contributed by atoms with van der Waals surface area (Å²) >= 11 is 0. The Morgan fingerprint density at radius 3 is 2.39 bits per heavy atom. The fourth-order valence-corrected chi connectivity index (χ4v) is 3.97. The lowest BCUT2D eigenvalue weighted by Gasteiger charge is -2.35. The largest absolute Gasteiger partial charge is 0.497 e. The molecule has 2 N–H and O–H groups in total. The van der Waals surface area contributed by atoms with Gasteiger partial charge < -0.3 is 25.0 Å². The molecule has 3 rings (SSSR count). The number of piperidine rings is 1. The first-order valence-corrected chi connectivity index (χ1v) is 9.50. The van der Waals surface area contributed by atoms with Crippen molar-refractivity contribution in [2.24, 2.45) is 17.6 Å². The average molecular weight is 412 g/mol. The number of anilines is 1. The van der Waals surface area contributed by atoms with E-state index in [2.05, 4.69) is 0 Å². The average Bonchev–Trinajstić information content (AvgIpc) is 3.08. The van der Waals surface area contributed by atoms with Crippen LogP contribution in [0.15, 0.2) is 18.2 Å². The Hall–Kier alpha value is -1.99. The maximum atomic E-state index is 13.0. The molecule has 156 valence electrons. The minimum Gasteiger partial charge on any atom is -0.497 e. The fourth-order valence-electron chi connectivity index (χ4n) is 3.97. The molecular weight excluding hydrogens is 382 g/mol. The molecule has 28 heavy (non-hydrogen) atoms. The molecule has 0 aromatic heterocycles.